The van der Waals surface area contributed by atoms with E-state index >= 15 is 0 Å². The van der Waals surface area contributed by atoms with Gasteiger partial charge in [0.25, 0.3) is 0 Å². The summed E-state index contributed by atoms with van der Waals surface area (Å²) in [5.74, 6) is -1.90. The van der Waals surface area contributed by atoms with Crippen molar-refractivity contribution in [2.45, 2.75) is 11.8 Å². The molecule has 0 saturated heterocycles. The lowest BCUT2D eigenvalue weighted by Gasteiger charge is -2.12. The number of hydrogen-bond acceptors (Lipinski definition) is 0. The van der Waals surface area contributed by atoms with Gasteiger partial charge in [-0.2, -0.15) is 0 Å². The monoisotopic (exact) mass is 304 g/mol. The van der Waals surface area contributed by atoms with Crippen LogP contribution in [-0.2, 0) is 6.42 Å². The predicted molar refractivity (Wildman–Crippen MR) is 70.1 cm³/mol. The van der Waals surface area contributed by atoms with Crippen LogP contribution in [0.4, 0.5) is 13.2 Å². The standard InChI is InChI=1S/C14H9Cl2F3/c15-9-2-4-11(14(19)6-9)12(16)5-8-1-3-10(17)7-13(8)18/h1-4,6-7,12H,5H2. The van der Waals surface area contributed by atoms with Crippen LogP contribution >= 0.6 is 23.2 Å². The summed E-state index contributed by atoms with van der Waals surface area (Å²) in [6, 6.07) is 7.33. The first-order valence-corrected chi connectivity index (χ1v) is 6.32. The van der Waals surface area contributed by atoms with Gasteiger partial charge in [0, 0.05) is 16.7 Å². The van der Waals surface area contributed by atoms with E-state index in [2.05, 4.69) is 0 Å². The van der Waals surface area contributed by atoms with Crippen molar-refractivity contribution in [1.29, 1.82) is 0 Å². The Bertz CT molecular complexity index is 599. The van der Waals surface area contributed by atoms with Gasteiger partial charge in [-0.05, 0) is 30.2 Å². The second kappa shape index (κ2) is 5.85. The van der Waals surface area contributed by atoms with Gasteiger partial charge in [0.05, 0.1) is 5.38 Å². The summed E-state index contributed by atoms with van der Waals surface area (Å²) in [4.78, 5) is 0. The van der Waals surface area contributed by atoms with Crippen molar-refractivity contribution in [3.8, 4) is 0 Å². The zero-order valence-corrected chi connectivity index (χ0v) is 11.2. The van der Waals surface area contributed by atoms with Gasteiger partial charge in [-0.1, -0.05) is 23.7 Å². The molecule has 0 aliphatic heterocycles. The Labute approximate surface area is 118 Å². The quantitative estimate of drug-likeness (QED) is 0.677. The van der Waals surface area contributed by atoms with Crippen molar-refractivity contribution in [3.63, 3.8) is 0 Å². The minimum Gasteiger partial charge on any atom is -0.207 e. The molecule has 0 radical (unpaired) electrons. The Morgan fingerprint density at radius 3 is 2.32 bits per heavy atom. The normalized spacial score (nSPS) is 12.5. The smallest absolute Gasteiger partial charge is 0.129 e. The fraction of sp³-hybridized carbons (Fsp3) is 0.143. The lowest BCUT2D eigenvalue weighted by atomic mass is 10.0. The van der Waals surface area contributed by atoms with Crippen molar-refractivity contribution in [1.82, 2.24) is 0 Å². The molecule has 2 aromatic carbocycles. The van der Waals surface area contributed by atoms with Crippen molar-refractivity contribution in [3.05, 3.63) is 70.0 Å². The number of rotatable bonds is 3. The first-order valence-electron chi connectivity index (χ1n) is 5.50. The maximum absolute atomic E-state index is 13.6. The molecular formula is C14H9Cl2F3. The molecule has 0 spiro atoms. The largest absolute Gasteiger partial charge is 0.207 e. The maximum atomic E-state index is 13.6. The molecule has 0 saturated carbocycles. The van der Waals surface area contributed by atoms with E-state index in [1.54, 1.807) is 0 Å². The molecule has 1 atom stereocenters. The third-order valence-corrected chi connectivity index (χ3v) is 3.34. The van der Waals surface area contributed by atoms with Crippen LogP contribution in [0.15, 0.2) is 36.4 Å². The van der Waals surface area contributed by atoms with Crippen molar-refractivity contribution in [2.75, 3.05) is 0 Å². The molecule has 0 bridgehead atoms. The van der Waals surface area contributed by atoms with Crippen LogP contribution < -0.4 is 0 Å². The van der Waals surface area contributed by atoms with Gasteiger partial charge < -0.3 is 0 Å². The summed E-state index contributed by atoms with van der Waals surface area (Å²) in [6.07, 6.45) is 0.0617. The zero-order chi connectivity index (χ0) is 14.0. The summed E-state index contributed by atoms with van der Waals surface area (Å²) in [5, 5.41) is -0.490. The molecule has 0 N–H and O–H groups in total. The number of halogens is 5. The SMILES string of the molecule is Fc1ccc(CC(Cl)c2ccc(Cl)cc2F)c(F)c1. The number of hydrogen-bond donors (Lipinski definition) is 0. The molecule has 2 aromatic rings. The summed E-state index contributed by atoms with van der Waals surface area (Å²) in [7, 11) is 0. The third kappa shape index (κ3) is 3.43. The number of benzene rings is 2. The van der Waals surface area contributed by atoms with E-state index < -0.39 is 22.8 Å². The second-order valence-electron chi connectivity index (χ2n) is 4.07. The molecule has 0 nitrogen and oxygen atoms in total. The Morgan fingerprint density at radius 2 is 1.68 bits per heavy atom. The molecular weight excluding hydrogens is 296 g/mol. The highest BCUT2D eigenvalue weighted by molar-refractivity contribution is 6.30. The highest BCUT2D eigenvalue weighted by Crippen LogP contribution is 2.29. The molecule has 1 unspecified atom stereocenters. The van der Waals surface area contributed by atoms with Gasteiger partial charge in [0.15, 0.2) is 0 Å². The summed E-state index contributed by atoms with van der Waals surface area (Å²) in [5.41, 5.74) is 0.463. The van der Waals surface area contributed by atoms with Crippen LogP contribution in [0.3, 0.4) is 0 Å². The van der Waals surface area contributed by atoms with Gasteiger partial charge >= 0.3 is 0 Å². The van der Waals surface area contributed by atoms with Gasteiger partial charge in [-0.25, -0.2) is 13.2 Å². The molecule has 0 aromatic heterocycles. The lowest BCUT2D eigenvalue weighted by molar-refractivity contribution is 0.567. The molecule has 19 heavy (non-hydrogen) atoms. The van der Waals surface area contributed by atoms with E-state index in [-0.39, 0.29) is 22.6 Å². The Hall–Kier alpha value is -1.19. The molecule has 0 amide bonds. The molecule has 0 fully saturated rings. The van der Waals surface area contributed by atoms with E-state index in [1.807, 2.05) is 0 Å². The summed E-state index contributed by atoms with van der Waals surface area (Å²) < 4.78 is 39.9. The van der Waals surface area contributed by atoms with Crippen LogP contribution in [0, 0.1) is 17.5 Å². The van der Waals surface area contributed by atoms with Gasteiger partial charge in [0.1, 0.15) is 17.5 Å². The Morgan fingerprint density at radius 1 is 0.947 bits per heavy atom. The topological polar surface area (TPSA) is 0 Å². The van der Waals surface area contributed by atoms with Crippen molar-refractivity contribution in [2.24, 2.45) is 0 Å². The minimum atomic E-state index is -0.753. The Balaban J connectivity index is 2.23. The minimum absolute atomic E-state index is 0.0617. The summed E-state index contributed by atoms with van der Waals surface area (Å²) >= 11 is 11.7. The van der Waals surface area contributed by atoms with Crippen molar-refractivity contribution < 1.29 is 13.2 Å². The Kier molecular flexibility index (Phi) is 4.38. The average molecular weight is 305 g/mol. The first-order chi connectivity index (χ1) is 8.97. The summed E-state index contributed by atoms with van der Waals surface area (Å²) in [6.45, 7) is 0. The fourth-order valence-electron chi connectivity index (χ4n) is 1.75. The van der Waals surface area contributed by atoms with E-state index in [0.717, 1.165) is 18.2 Å². The predicted octanol–water partition coefficient (Wildman–Crippen LogP) is 5.28. The fourth-order valence-corrected chi connectivity index (χ4v) is 2.25. The molecule has 0 aliphatic carbocycles. The van der Waals surface area contributed by atoms with Gasteiger partial charge in [-0.15, -0.1) is 11.6 Å². The maximum Gasteiger partial charge on any atom is 0.129 e. The van der Waals surface area contributed by atoms with Crippen LogP contribution in [0.2, 0.25) is 5.02 Å². The molecule has 100 valence electrons. The molecule has 5 heteroatoms. The molecule has 0 heterocycles. The van der Waals surface area contributed by atoms with Gasteiger partial charge in [0.2, 0.25) is 0 Å². The van der Waals surface area contributed by atoms with Crippen molar-refractivity contribution >= 4 is 23.2 Å². The van der Waals surface area contributed by atoms with Crippen LogP contribution in [0.1, 0.15) is 16.5 Å². The van der Waals surface area contributed by atoms with E-state index in [4.69, 9.17) is 23.2 Å². The first kappa shape index (κ1) is 14.2. The average Bonchev–Trinajstić information content (AvgIpc) is 2.32. The van der Waals surface area contributed by atoms with Crippen LogP contribution in [-0.4, -0.2) is 0 Å². The van der Waals surface area contributed by atoms with E-state index in [0.29, 0.717) is 0 Å². The van der Waals surface area contributed by atoms with Crippen LogP contribution in [0.25, 0.3) is 0 Å². The molecule has 0 aliphatic rings. The van der Waals surface area contributed by atoms with Gasteiger partial charge in [-0.3, -0.25) is 0 Å². The van der Waals surface area contributed by atoms with Crippen LogP contribution in [0.5, 0.6) is 0 Å². The van der Waals surface area contributed by atoms with E-state index in [9.17, 15) is 13.2 Å². The number of alkyl halides is 1. The highest BCUT2D eigenvalue weighted by atomic mass is 35.5. The zero-order valence-electron chi connectivity index (χ0n) is 9.64. The molecule has 2 rings (SSSR count). The lowest BCUT2D eigenvalue weighted by Crippen LogP contribution is -2.01. The third-order valence-electron chi connectivity index (χ3n) is 2.71. The highest BCUT2D eigenvalue weighted by Gasteiger charge is 2.16. The van der Waals surface area contributed by atoms with E-state index in [1.165, 1.54) is 18.2 Å². The second-order valence-corrected chi connectivity index (χ2v) is 5.04.